The Bertz CT molecular complexity index is 1370. The van der Waals surface area contributed by atoms with Gasteiger partial charge >= 0.3 is 5.97 Å². The molecule has 0 unspecified atom stereocenters. The van der Waals surface area contributed by atoms with Crippen LogP contribution in [-0.2, 0) is 32.3 Å². The fourth-order valence-corrected chi connectivity index (χ4v) is 5.02. The number of hydrogen-bond acceptors (Lipinski definition) is 6. The largest absolute Gasteiger partial charge is 0.462 e. The van der Waals surface area contributed by atoms with Gasteiger partial charge in [-0.3, -0.25) is 4.79 Å². The quantitative estimate of drug-likeness (QED) is 0.391. The predicted octanol–water partition coefficient (Wildman–Crippen LogP) is 2.98. The number of esters is 1. The maximum absolute atomic E-state index is 12.6. The molecule has 0 radical (unpaired) electrons. The lowest BCUT2D eigenvalue weighted by Crippen LogP contribution is -2.17. The van der Waals surface area contributed by atoms with Crippen molar-refractivity contribution in [2.75, 3.05) is 12.4 Å². The van der Waals surface area contributed by atoms with Gasteiger partial charge in [0.1, 0.15) is 0 Å². The van der Waals surface area contributed by atoms with Gasteiger partial charge in [-0.25, -0.2) is 13.2 Å². The van der Waals surface area contributed by atoms with Crippen LogP contribution in [0.3, 0.4) is 0 Å². The van der Waals surface area contributed by atoms with E-state index in [1.807, 2.05) is 0 Å². The molecule has 7 nitrogen and oxygen atoms in total. The summed E-state index contributed by atoms with van der Waals surface area (Å²) < 4.78 is 31.4. The third-order valence-corrected chi connectivity index (χ3v) is 7.47. The van der Waals surface area contributed by atoms with Crippen molar-refractivity contribution >= 4 is 43.3 Å². The fraction of sp³-hybridized carbons (Fsp3) is 0.261. The summed E-state index contributed by atoms with van der Waals surface area (Å²) >= 11 is 1.25. The van der Waals surface area contributed by atoms with Crippen LogP contribution in [0.1, 0.15) is 29.8 Å². The Hall–Kier alpha value is -3.22. The van der Waals surface area contributed by atoms with Gasteiger partial charge in [0.2, 0.25) is 0 Å². The Kier molecular flexibility index (Phi) is 7.28. The van der Waals surface area contributed by atoms with Crippen LogP contribution < -0.4 is 4.80 Å². The summed E-state index contributed by atoms with van der Waals surface area (Å²) in [6, 6.07) is 11.3. The van der Waals surface area contributed by atoms with E-state index in [1.165, 1.54) is 23.5 Å². The summed E-state index contributed by atoms with van der Waals surface area (Å²) in [5.41, 5.74) is 1.83. The molecule has 0 aliphatic carbocycles. The Labute approximate surface area is 190 Å². The minimum Gasteiger partial charge on any atom is -0.462 e. The van der Waals surface area contributed by atoms with E-state index in [1.54, 1.807) is 48.7 Å². The average molecular weight is 471 g/mol. The summed E-state index contributed by atoms with van der Waals surface area (Å²) in [5, 5.41) is 0. The number of rotatable bonds is 7. The molecule has 0 aliphatic rings. The first-order valence-electron chi connectivity index (χ1n) is 9.92. The number of carbonyl (C=O) groups excluding carboxylic acids is 2. The van der Waals surface area contributed by atoms with Crippen molar-refractivity contribution in [2.24, 2.45) is 4.99 Å². The lowest BCUT2D eigenvalue weighted by Gasteiger charge is -2.03. The smallest absolute Gasteiger partial charge is 0.338 e. The molecule has 0 spiro atoms. The number of sulfone groups is 1. The number of nitrogens with zero attached hydrogens (tertiary/aromatic N) is 2. The number of aromatic nitrogens is 1. The summed E-state index contributed by atoms with van der Waals surface area (Å²) in [7, 11) is -3.29. The lowest BCUT2D eigenvalue weighted by atomic mass is 10.1. The van der Waals surface area contributed by atoms with E-state index < -0.39 is 15.8 Å². The van der Waals surface area contributed by atoms with Crippen LogP contribution >= 0.6 is 11.3 Å². The molecule has 1 amide bonds. The molecule has 1 heterocycles. The number of fused-ring (bicyclic) bond motifs is 1. The molecule has 0 atom stereocenters. The summed E-state index contributed by atoms with van der Waals surface area (Å²) in [4.78, 5) is 29.5. The third-order valence-electron chi connectivity index (χ3n) is 4.68. The molecule has 3 rings (SSSR count). The molecule has 2 aromatic carbocycles. The minimum atomic E-state index is -3.29. The van der Waals surface area contributed by atoms with E-state index in [4.69, 9.17) is 11.2 Å². The first-order chi connectivity index (χ1) is 15.3. The first kappa shape index (κ1) is 23.4. The van der Waals surface area contributed by atoms with Crippen molar-refractivity contribution in [3.05, 3.63) is 58.4 Å². The van der Waals surface area contributed by atoms with E-state index in [0.29, 0.717) is 15.9 Å². The number of thiazole rings is 1. The fourth-order valence-electron chi connectivity index (χ4n) is 3.05. The van der Waals surface area contributed by atoms with Crippen molar-refractivity contribution in [2.45, 2.75) is 31.7 Å². The number of amides is 1. The minimum absolute atomic E-state index is 0.0135. The first-order valence-corrected chi connectivity index (χ1v) is 12.4. The van der Waals surface area contributed by atoms with Gasteiger partial charge in [-0.15, -0.1) is 6.42 Å². The van der Waals surface area contributed by atoms with Crippen molar-refractivity contribution in [1.82, 2.24) is 4.57 Å². The van der Waals surface area contributed by atoms with Crippen molar-refractivity contribution in [3.63, 3.8) is 0 Å². The molecule has 1 aromatic heterocycles. The van der Waals surface area contributed by atoms with E-state index in [9.17, 15) is 18.0 Å². The zero-order chi connectivity index (χ0) is 23.3. The Morgan fingerprint density at radius 1 is 1.16 bits per heavy atom. The molecule has 0 bridgehead atoms. The lowest BCUT2D eigenvalue weighted by molar-refractivity contribution is -0.117. The van der Waals surface area contributed by atoms with Gasteiger partial charge in [0, 0.05) is 0 Å². The Morgan fingerprint density at radius 3 is 2.50 bits per heavy atom. The van der Waals surface area contributed by atoms with Gasteiger partial charge in [-0.2, -0.15) is 4.99 Å². The van der Waals surface area contributed by atoms with Gasteiger partial charge < -0.3 is 9.30 Å². The summed E-state index contributed by atoms with van der Waals surface area (Å²) in [6.07, 6.45) is 5.52. The second-order valence-corrected chi connectivity index (χ2v) is 10.1. The summed E-state index contributed by atoms with van der Waals surface area (Å²) in [6.45, 7) is 3.81. The highest BCUT2D eigenvalue weighted by molar-refractivity contribution is 7.91. The van der Waals surface area contributed by atoms with Crippen LogP contribution in [0.4, 0.5) is 0 Å². The van der Waals surface area contributed by atoms with Crippen molar-refractivity contribution in [1.29, 1.82) is 0 Å². The highest BCUT2D eigenvalue weighted by Gasteiger charge is 2.14. The Morgan fingerprint density at radius 2 is 1.88 bits per heavy atom. The number of terminal acetylenes is 1. The monoisotopic (exact) mass is 470 g/mol. The molecule has 166 valence electrons. The maximum Gasteiger partial charge on any atom is 0.338 e. The maximum atomic E-state index is 12.6. The molecule has 32 heavy (non-hydrogen) atoms. The van der Waals surface area contributed by atoms with Crippen LogP contribution in [-0.4, -0.2) is 37.2 Å². The topological polar surface area (TPSA) is 94.8 Å². The molecule has 0 N–H and O–H groups in total. The van der Waals surface area contributed by atoms with E-state index in [0.717, 1.165) is 10.2 Å². The highest BCUT2D eigenvalue weighted by atomic mass is 32.2. The molecule has 0 saturated carbocycles. The summed E-state index contributed by atoms with van der Waals surface area (Å²) in [5.74, 6) is 1.76. The van der Waals surface area contributed by atoms with E-state index >= 15 is 0 Å². The normalized spacial score (nSPS) is 12.0. The van der Waals surface area contributed by atoms with Crippen LogP contribution in [0.5, 0.6) is 0 Å². The van der Waals surface area contributed by atoms with Crippen molar-refractivity contribution < 1.29 is 22.7 Å². The van der Waals surface area contributed by atoms with Gasteiger partial charge in [-0.1, -0.05) is 36.3 Å². The second-order valence-electron chi connectivity index (χ2n) is 6.81. The third kappa shape index (κ3) is 5.15. The van der Waals surface area contributed by atoms with E-state index in [-0.39, 0.29) is 36.1 Å². The zero-order valence-corrected chi connectivity index (χ0v) is 19.3. The van der Waals surface area contributed by atoms with Gasteiger partial charge in [0.25, 0.3) is 5.91 Å². The molecular formula is C23H22N2O5S2. The van der Waals surface area contributed by atoms with Gasteiger partial charge in [0.05, 0.1) is 46.0 Å². The Balaban J connectivity index is 1.92. The van der Waals surface area contributed by atoms with Crippen LogP contribution in [0.25, 0.3) is 10.2 Å². The number of hydrogen-bond donors (Lipinski definition) is 0. The number of ether oxygens (including phenoxy) is 1. The molecule has 0 saturated heterocycles. The molecular weight excluding hydrogens is 448 g/mol. The molecule has 0 fully saturated rings. The van der Waals surface area contributed by atoms with Crippen molar-refractivity contribution in [3.8, 4) is 12.3 Å². The average Bonchev–Trinajstić information content (AvgIpc) is 3.10. The zero-order valence-electron chi connectivity index (χ0n) is 17.7. The van der Waals surface area contributed by atoms with Gasteiger partial charge in [0.15, 0.2) is 14.6 Å². The number of benzene rings is 2. The standard InChI is InChI=1S/C23H22N2O5S2/c1-4-13-25-19-12-9-17(22(27)30-5-2)15-20(19)31-23(25)24-21(26)14-16-7-10-18(11-8-16)32(28,29)6-3/h1,7-12,15H,5-6,13-14H2,2-3H3. The van der Waals surface area contributed by atoms with E-state index in [2.05, 4.69) is 10.9 Å². The van der Waals surface area contributed by atoms with Crippen LogP contribution in [0.2, 0.25) is 0 Å². The molecule has 0 aliphatic heterocycles. The molecule has 9 heteroatoms. The highest BCUT2D eigenvalue weighted by Crippen LogP contribution is 2.20. The SMILES string of the molecule is C#CCn1c(=NC(=O)Cc2ccc(S(=O)(=O)CC)cc2)sc2cc(C(=O)OCC)ccc21. The second kappa shape index (κ2) is 9.94. The van der Waals surface area contributed by atoms with Crippen LogP contribution in [0, 0.1) is 12.3 Å². The predicted molar refractivity (Wildman–Crippen MR) is 123 cm³/mol. The number of carbonyl (C=O) groups is 2. The van der Waals surface area contributed by atoms with Gasteiger partial charge in [-0.05, 0) is 42.8 Å². The molecule has 3 aromatic rings. The van der Waals surface area contributed by atoms with Crippen LogP contribution in [0.15, 0.2) is 52.4 Å².